The number of rotatable bonds is 2. The summed E-state index contributed by atoms with van der Waals surface area (Å²) in [5.74, 6) is 0.962. The average Bonchev–Trinajstić information content (AvgIpc) is 2.54. The van der Waals surface area contributed by atoms with E-state index in [2.05, 4.69) is 11.1 Å². The Balaban J connectivity index is 2.52. The molecule has 0 aromatic heterocycles. The van der Waals surface area contributed by atoms with E-state index in [-0.39, 0.29) is 0 Å². The van der Waals surface area contributed by atoms with Crippen molar-refractivity contribution in [2.75, 3.05) is 6.61 Å². The minimum absolute atomic E-state index is 0.699. The Morgan fingerprint density at radius 2 is 2.07 bits per heavy atom. The molecule has 2 nitrogen and oxygen atoms in total. The Morgan fingerprint density at radius 1 is 1.33 bits per heavy atom. The molecule has 78 valence electrons. The first-order chi connectivity index (χ1) is 7.24. The molecule has 0 unspecified atom stereocenters. The van der Waals surface area contributed by atoms with Gasteiger partial charge in [-0.05, 0) is 26.8 Å². The maximum Gasteiger partial charge on any atom is 0.103 e. The molecule has 0 atom stereocenters. The normalized spacial score (nSPS) is 17.1. The molecular formula is C13H15NO. The van der Waals surface area contributed by atoms with Crippen LogP contribution in [0, 0.1) is 0 Å². The third kappa shape index (κ3) is 1.67. The Labute approximate surface area is 90.3 Å². The summed E-state index contributed by atoms with van der Waals surface area (Å²) >= 11 is 0. The first-order valence-electron chi connectivity index (χ1n) is 5.22. The van der Waals surface area contributed by atoms with Crippen LogP contribution in [0.3, 0.4) is 0 Å². The quantitative estimate of drug-likeness (QED) is 0.670. The predicted octanol–water partition coefficient (Wildman–Crippen LogP) is 3.56. The highest BCUT2D eigenvalue weighted by atomic mass is 16.5. The van der Waals surface area contributed by atoms with E-state index < -0.39 is 0 Å². The molecule has 0 bridgehead atoms. The number of para-hydroxylation sites is 1. The molecule has 0 aliphatic carbocycles. The number of benzene rings is 1. The molecule has 1 heterocycles. The van der Waals surface area contributed by atoms with Crippen molar-refractivity contribution in [2.45, 2.75) is 20.8 Å². The van der Waals surface area contributed by atoms with Gasteiger partial charge in [-0.2, -0.15) is 0 Å². The summed E-state index contributed by atoms with van der Waals surface area (Å²) in [6.07, 6.45) is 0. The van der Waals surface area contributed by atoms with Crippen molar-refractivity contribution >= 4 is 17.0 Å². The second-order valence-corrected chi connectivity index (χ2v) is 3.58. The van der Waals surface area contributed by atoms with Gasteiger partial charge < -0.3 is 4.74 Å². The standard InChI is InChI=1S/C13H15NO/c1-4-15-10(3)13-9(2)14-12-8-6-5-7-11(12)13/h5-8H,4H2,1-3H3/b13-10-. The van der Waals surface area contributed by atoms with E-state index in [1.54, 1.807) is 0 Å². The minimum Gasteiger partial charge on any atom is -0.498 e. The predicted molar refractivity (Wildman–Crippen MR) is 63.4 cm³/mol. The van der Waals surface area contributed by atoms with Crippen LogP contribution in [-0.4, -0.2) is 12.3 Å². The van der Waals surface area contributed by atoms with E-state index in [0.717, 1.165) is 22.7 Å². The SMILES string of the molecule is CCO/C(C)=C1/C(C)=Nc2ccccc21. The summed E-state index contributed by atoms with van der Waals surface area (Å²) in [7, 11) is 0. The molecular weight excluding hydrogens is 186 g/mol. The molecule has 0 N–H and O–H groups in total. The zero-order chi connectivity index (χ0) is 10.8. The van der Waals surface area contributed by atoms with Crippen LogP contribution in [0.25, 0.3) is 5.57 Å². The summed E-state index contributed by atoms with van der Waals surface area (Å²) in [6, 6.07) is 8.17. The van der Waals surface area contributed by atoms with Crippen LogP contribution >= 0.6 is 0 Å². The van der Waals surface area contributed by atoms with Gasteiger partial charge in [-0.15, -0.1) is 0 Å². The number of aliphatic imine (C=N–C) groups is 1. The fraction of sp³-hybridized carbons (Fsp3) is 0.308. The lowest BCUT2D eigenvalue weighted by Crippen LogP contribution is -1.98. The molecule has 2 heteroatoms. The fourth-order valence-corrected chi connectivity index (χ4v) is 1.95. The van der Waals surface area contributed by atoms with Crippen molar-refractivity contribution in [3.8, 4) is 0 Å². The topological polar surface area (TPSA) is 21.6 Å². The summed E-state index contributed by atoms with van der Waals surface area (Å²) < 4.78 is 5.55. The lowest BCUT2D eigenvalue weighted by atomic mass is 10.0. The highest BCUT2D eigenvalue weighted by molar-refractivity contribution is 6.28. The Bertz CT molecular complexity index is 444. The van der Waals surface area contributed by atoms with Crippen molar-refractivity contribution in [3.63, 3.8) is 0 Å². The highest BCUT2D eigenvalue weighted by Crippen LogP contribution is 2.36. The number of allylic oxidation sites excluding steroid dienone is 2. The molecule has 1 aliphatic heterocycles. The molecule has 0 saturated carbocycles. The van der Waals surface area contributed by atoms with E-state index in [1.165, 1.54) is 5.56 Å². The van der Waals surface area contributed by atoms with Crippen LogP contribution in [0.15, 0.2) is 35.0 Å². The van der Waals surface area contributed by atoms with Gasteiger partial charge in [-0.25, -0.2) is 0 Å². The van der Waals surface area contributed by atoms with Gasteiger partial charge in [0.25, 0.3) is 0 Å². The zero-order valence-corrected chi connectivity index (χ0v) is 9.37. The number of hydrogen-bond acceptors (Lipinski definition) is 2. The average molecular weight is 201 g/mol. The van der Waals surface area contributed by atoms with Crippen LogP contribution in [0.1, 0.15) is 26.3 Å². The van der Waals surface area contributed by atoms with E-state index in [9.17, 15) is 0 Å². The molecule has 2 rings (SSSR count). The third-order valence-electron chi connectivity index (χ3n) is 2.54. The van der Waals surface area contributed by atoms with Gasteiger partial charge in [-0.1, -0.05) is 18.2 Å². The monoisotopic (exact) mass is 201 g/mol. The maximum atomic E-state index is 5.55. The second-order valence-electron chi connectivity index (χ2n) is 3.58. The summed E-state index contributed by atoms with van der Waals surface area (Å²) in [5, 5.41) is 0. The van der Waals surface area contributed by atoms with Crippen molar-refractivity contribution in [1.82, 2.24) is 0 Å². The van der Waals surface area contributed by atoms with E-state index in [1.807, 2.05) is 39.0 Å². The Kier molecular flexibility index (Phi) is 2.58. The van der Waals surface area contributed by atoms with Crippen LogP contribution in [0.4, 0.5) is 5.69 Å². The summed E-state index contributed by atoms with van der Waals surface area (Å²) in [4.78, 5) is 4.52. The first-order valence-corrected chi connectivity index (χ1v) is 5.22. The molecule has 15 heavy (non-hydrogen) atoms. The van der Waals surface area contributed by atoms with Crippen LogP contribution in [0.5, 0.6) is 0 Å². The van der Waals surface area contributed by atoms with Crippen molar-refractivity contribution < 1.29 is 4.74 Å². The van der Waals surface area contributed by atoms with Gasteiger partial charge in [0.1, 0.15) is 5.76 Å². The van der Waals surface area contributed by atoms with Crippen LogP contribution < -0.4 is 0 Å². The second kappa shape index (κ2) is 3.89. The molecule has 0 radical (unpaired) electrons. The Hall–Kier alpha value is -1.57. The highest BCUT2D eigenvalue weighted by Gasteiger charge is 2.19. The zero-order valence-electron chi connectivity index (χ0n) is 9.37. The summed E-state index contributed by atoms with van der Waals surface area (Å²) in [6.45, 7) is 6.72. The largest absolute Gasteiger partial charge is 0.498 e. The molecule has 0 spiro atoms. The lowest BCUT2D eigenvalue weighted by molar-refractivity contribution is 0.234. The van der Waals surface area contributed by atoms with Crippen LogP contribution in [0.2, 0.25) is 0 Å². The van der Waals surface area contributed by atoms with E-state index in [4.69, 9.17) is 4.74 Å². The van der Waals surface area contributed by atoms with Crippen molar-refractivity contribution in [1.29, 1.82) is 0 Å². The maximum absolute atomic E-state index is 5.55. The molecule has 0 fully saturated rings. The van der Waals surface area contributed by atoms with Crippen LogP contribution in [-0.2, 0) is 4.74 Å². The minimum atomic E-state index is 0.699. The van der Waals surface area contributed by atoms with Gasteiger partial charge in [-0.3, -0.25) is 4.99 Å². The molecule has 0 saturated heterocycles. The Morgan fingerprint density at radius 3 is 2.80 bits per heavy atom. The summed E-state index contributed by atoms with van der Waals surface area (Å²) in [5.41, 5.74) is 4.42. The van der Waals surface area contributed by atoms with E-state index >= 15 is 0 Å². The van der Waals surface area contributed by atoms with Gasteiger partial charge in [0.05, 0.1) is 12.3 Å². The van der Waals surface area contributed by atoms with Crippen molar-refractivity contribution in [2.24, 2.45) is 4.99 Å². The lowest BCUT2D eigenvalue weighted by Gasteiger charge is -2.08. The molecule has 0 amide bonds. The fourth-order valence-electron chi connectivity index (χ4n) is 1.95. The number of ether oxygens (including phenoxy) is 1. The third-order valence-corrected chi connectivity index (χ3v) is 2.54. The molecule has 1 aromatic carbocycles. The van der Waals surface area contributed by atoms with E-state index in [0.29, 0.717) is 6.61 Å². The van der Waals surface area contributed by atoms with Gasteiger partial charge in [0.2, 0.25) is 0 Å². The van der Waals surface area contributed by atoms with Gasteiger partial charge in [0.15, 0.2) is 0 Å². The number of hydrogen-bond donors (Lipinski definition) is 0. The van der Waals surface area contributed by atoms with Crippen molar-refractivity contribution in [3.05, 3.63) is 35.6 Å². The first kappa shape index (κ1) is 9.97. The smallest absolute Gasteiger partial charge is 0.103 e. The van der Waals surface area contributed by atoms with Gasteiger partial charge >= 0.3 is 0 Å². The molecule has 1 aliphatic rings. The van der Waals surface area contributed by atoms with Gasteiger partial charge in [0, 0.05) is 16.8 Å². The molecule has 1 aromatic rings. The number of fused-ring (bicyclic) bond motifs is 1. The number of nitrogens with zero attached hydrogens (tertiary/aromatic N) is 1.